The number of nitrogens with zero attached hydrogens (tertiary/aromatic N) is 1. The molecule has 0 radical (unpaired) electrons. The monoisotopic (exact) mass is 474 g/mol. The van der Waals surface area contributed by atoms with Gasteiger partial charge in [0.2, 0.25) is 0 Å². The van der Waals surface area contributed by atoms with E-state index in [9.17, 15) is 9.90 Å². The summed E-state index contributed by atoms with van der Waals surface area (Å²) < 4.78 is 1.74. The van der Waals surface area contributed by atoms with Crippen LogP contribution < -0.4 is 5.43 Å². The zero-order chi connectivity index (χ0) is 15.4. The van der Waals surface area contributed by atoms with Crippen LogP contribution in [0.2, 0.25) is 0 Å². The largest absolute Gasteiger partial charge is 0.506 e. The Kier molecular flexibility index (Phi) is 5.55. The molecule has 0 aliphatic carbocycles. The number of rotatable bonds is 3. The summed E-state index contributed by atoms with van der Waals surface area (Å²) in [7, 11) is 0. The lowest BCUT2D eigenvalue weighted by molar-refractivity contribution is 0.0955. The molecule has 0 aliphatic rings. The highest BCUT2D eigenvalue weighted by Gasteiger charge is 2.12. The van der Waals surface area contributed by atoms with Gasteiger partial charge < -0.3 is 5.11 Å². The number of halogens is 3. The molecule has 0 fully saturated rings. The number of nitrogens with one attached hydrogen (secondary N) is 1. The maximum absolute atomic E-state index is 11.8. The van der Waals surface area contributed by atoms with Crippen LogP contribution in [0.5, 0.6) is 5.75 Å². The standard InChI is InChI=1S/C14H9Br3N2O2/c15-10-6-11(16)13(20)12(17)9(10)7-18-19-14(21)8-4-2-1-3-5-8/h1-7,20H,(H,19,21)/b18-7+. The number of hydrazone groups is 1. The van der Waals surface area contributed by atoms with Crippen LogP contribution in [0.1, 0.15) is 15.9 Å². The van der Waals surface area contributed by atoms with E-state index in [0.29, 0.717) is 20.1 Å². The van der Waals surface area contributed by atoms with Gasteiger partial charge in [-0.05, 0) is 50.1 Å². The van der Waals surface area contributed by atoms with Crippen molar-refractivity contribution in [1.82, 2.24) is 5.43 Å². The molecule has 2 aromatic rings. The number of phenols is 1. The molecule has 21 heavy (non-hydrogen) atoms. The molecule has 0 aliphatic heterocycles. The van der Waals surface area contributed by atoms with Crippen molar-refractivity contribution in [2.45, 2.75) is 0 Å². The number of aromatic hydroxyl groups is 1. The van der Waals surface area contributed by atoms with Gasteiger partial charge in [0.1, 0.15) is 5.75 Å². The summed E-state index contributed by atoms with van der Waals surface area (Å²) in [5.74, 6) is -0.241. The predicted molar refractivity (Wildman–Crippen MR) is 92.7 cm³/mol. The third-order valence-electron chi connectivity index (χ3n) is 2.58. The topological polar surface area (TPSA) is 61.7 Å². The van der Waals surface area contributed by atoms with Gasteiger partial charge in [-0.2, -0.15) is 5.10 Å². The normalized spacial score (nSPS) is 10.8. The van der Waals surface area contributed by atoms with Crippen molar-refractivity contribution in [2.24, 2.45) is 5.10 Å². The molecule has 1 amide bonds. The van der Waals surface area contributed by atoms with Gasteiger partial charge in [-0.25, -0.2) is 5.43 Å². The Hall–Kier alpha value is -1.18. The Morgan fingerprint density at radius 1 is 1.14 bits per heavy atom. The van der Waals surface area contributed by atoms with Crippen molar-refractivity contribution in [2.75, 3.05) is 0 Å². The number of carbonyl (C=O) groups is 1. The van der Waals surface area contributed by atoms with E-state index in [0.717, 1.165) is 4.47 Å². The van der Waals surface area contributed by atoms with Crippen LogP contribution in [0.4, 0.5) is 0 Å². The summed E-state index contributed by atoms with van der Waals surface area (Å²) >= 11 is 9.88. The second kappa shape index (κ2) is 7.20. The first-order valence-corrected chi connectivity index (χ1v) is 8.13. The molecule has 0 saturated heterocycles. The minimum absolute atomic E-state index is 0.0639. The van der Waals surface area contributed by atoms with E-state index in [4.69, 9.17) is 0 Å². The molecule has 108 valence electrons. The Bertz CT molecular complexity index is 703. The van der Waals surface area contributed by atoms with Crippen molar-refractivity contribution in [3.05, 3.63) is 60.9 Å². The zero-order valence-electron chi connectivity index (χ0n) is 10.5. The van der Waals surface area contributed by atoms with Crippen LogP contribution in [0, 0.1) is 0 Å². The first-order valence-electron chi connectivity index (χ1n) is 5.75. The lowest BCUT2D eigenvalue weighted by Crippen LogP contribution is -2.17. The number of hydrogen-bond acceptors (Lipinski definition) is 3. The minimum atomic E-state index is -0.305. The van der Waals surface area contributed by atoms with E-state index >= 15 is 0 Å². The molecule has 0 spiro atoms. The summed E-state index contributed by atoms with van der Waals surface area (Å²) in [6.07, 6.45) is 1.45. The van der Waals surface area contributed by atoms with Gasteiger partial charge in [0.25, 0.3) is 5.91 Å². The molecular formula is C14H9Br3N2O2. The smallest absolute Gasteiger partial charge is 0.271 e. The summed E-state index contributed by atoms with van der Waals surface area (Å²) in [5, 5.41) is 13.7. The van der Waals surface area contributed by atoms with Gasteiger partial charge in [0.05, 0.1) is 15.2 Å². The second-order valence-corrected chi connectivity index (χ2v) is 6.48. The van der Waals surface area contributed by atoms with Gasteiger partial charge in [0.15, 0.2) is 0 Å². The molecule has 0 aromatic heterocycles. The second-order valence-electron chi connectivity index (χ2n) is 3.98. The van der Waals surface area contributed by atoms with Crippen molar-refractivity contribution in [3.63, 3.8) is 0 Å². The van der Waals surface area contributed by atoms with Crippen molar-refractivity contribution >= 4 is 59.9 Å². The molecule has 2 aromatic carbocycles. The number of hydrogen-bond donors (Lipinski definition) is 2. The molecule has 4 nitrogen and oxygen atoms in total. The summed E-state index contributed by atoms with van der Waals surface area (Å²) in [6.45, 7) is 0. The van der Waals surface area contributed by atoms with E-state index in [1.54, 1.807) is 30.3 Å². The summed E-state index contributed by atoms with van der Waals surface area (Å²) in [4.78, 5) is 11.8. The Labute approximate surface area is 146 Å². The first-order chi connectivity index (χ1) is 10.0. The van der Waals surface area contributed by atoms with Crippen LogP contribution in [0.3, 0.4) is 0 Å². The lowest BCUT2D eigenvalue weighted by atomic mass is 10.2. The highest BCUT2D eigenvalue weighted by atomic mass is 79.9. The Balaban J connectivity index is 2.16. The van der Waals surface area contributed by atoms with Gasteiger partial charge in [-0.15, -0.1) is 0 Å². The molecule has 0 atom stereocenters. The highest BCUT2D eigenvalue weighted by molar-refractivity contribution is 9.11. The lowest BCUT2D eigenvalue weighted by Gasteiger charge is -2.06. The molecule has 0 saturated carbocycles. The van der Waals surface area contributed by atoms with Gasteiger partial charge in [-0.1, -0.05) is 34.1 Å². The number of phenolic OH excluding ortho intramolecular Hbond substituents is 1. The van der Waals surface area contributed by atoms with Crippen LogP contribution >= 0.6 is 47.8 Å². The third-order valence-corrected chi connectivity index (χ3v) is 4.64. The van der Waals surface area contributed by atoms with Crippen molar-refractivity contribution in [3.8, 4) is 5.75 Å². The van der Waals surface area contributed by atoms with Crippen molar-refractivity contribution in [1.29, 1.82) is 0 Å². The fraction of sp³-hybridized carbons (Fsp3) is 0. The molecule has 0 bridgehead atoms. The number of amides is 1. The van der Waals surface area contributed by atoms with E-state index in [1.807, 2.05) is 6.07 Å². The van der Waals surface area contributed by atoms with Crippen LogP contribution in [-0.2, 0) is 0 Å². The first kappa shape index (κ1) is 16.2. The number of benzene rings is 2. The molecule has 2 rings (SSSR count). The average molecular weight is 477 g/mol. The fourth-order valence-corrected chi connectivity index (χ4v) is 3.85. The number of carbonyl (C=O) groups excluding carboxylic acids is 1. The highest BCUT2D eigenvalue weighted by Crippen LogP contribution is 2.38. The maximum Gasteiger partial charge on any atom is 0.271 e. The molecule has 0 unspecified atom stereocenters. The minimum Gasteiger partial charge on any atom is -0.506 e. The van der Waals surface area contributed by atoms with E-state index in [1.165, 1.54) is 6.21 Å². The van der Waals surface area contributed by atoms with E-state index in [2.05, 4.69) is 58.3 Å². The van der Waals surface area contributed by atoms with Crippen LogP contribution in [0.15, 0.2) is 54.9 Å². The molecular weight excluding hydrogens is 468 g/mol. The van der Waals surface area contributed by atoms with Crippen molar-refractivity contribution < 1.29 is 9.90 Å². The quantitative estimate of drug-likeness (QED) is 0.508. The van der Waals surface area contributed by atoms with E-state index < -0.39 is 0 Å². The van der Waals surface area contributed by atoms with Crippen LogP contribution in [0.25, 0.3) is 0 Å². The van der Waals surface area contributed by atoms with Gasteiger partial charge in [-0.3, -0.25) is 4.79 Å². The summed E-state index contributed by atoms with van der Waals surface area (Å²) in [6, 6.07) is 10.5. The Morgan fingerprint density at radius 2 is 1.81 bits per heavy atom. The average Bonchev–Trinajstić information content (AvgIpc) is 2.49. The summed E-state index contributed by atoms with van der Waals surface area (Å²) in [5.41, 5.74) is 3.57. The SMILES string of the molecule is O=C(N/N=C/c1c(Br)cc(Br)c(O)c1Br)c1ccccc1. The zero-order valence-corrected chi connectivity index (χ0v) is 15.2. The maximum atomic E-state index is 11.8. The van der Waals surface area contributed by atoms with Crippen LogP contribution in [-0.4, -0.2) is 17.2 Å². The predicted octanol–water partition coefficient (Wildman–Crippen LogP) is 4.44. The van der Waals surface area contributed by atoms with E-state index in [-0.39, 0.29) is 11.7 Å². The molecule has 0 heterocycles. The Morgan fingerprint density at radius 3 is 2.48 bits per heavy atom. The third kappa shape index (κ3) is 3.93. The molecule has 2 N–H and O–H groups in total. The van der Waals surface area contributed by atoms with Gasteiger partial charge in [0, 0.05) is 15.6 Å². The molecule has 7 heteroatoms. The van der Waals surface area contributed by atoms with Gasteiger partial charge >= 0.3 is 0 Å². The fourth-order valence-electron chi connectivity index (χ4n) is 1.52.